The van der Waals surface area contributed by atoms with E-state index in [1.165, 1.54) is 25.7 Å². The molecule has 3 unspecified atom stereocenters. The molecule has 61 heavy (non-hydrogen) atoms. The van der Waals surface area contributed by atoms with Crippen LogP contribution in [0.3, 0.4) is 0 Å². The summed E-state index contributed by atoms with van der Waals surface area (Å²) in [6.07, 6.45) is 53.1. The van der Waals surface area contributed by atoms with Gasteiger partial charge < -0.3 is 25.2 Å². The zero-order valence-electron chi connectivity index (χ0n) is 37.7. The highest BCUT2D eigenvalue weighted by Crippen LogP contribution is 2.43. The molecule has 0 heterocycles. The average Bonchev–Trinajstić information content (AvgIpc) is 3.24. The number of aliphatic carboxylic acids is 1. The number of hydrogen-bond acceptors (Lipinski definition) is 8. The van der Waals surface area contributed by atoms with Crippen LogP contribution in [0, 0.1) is 0 Å². The Labute approximate surface area is 369 Å². The Hall–Kier alpha value is -3.34. The van der Waals surface area contributed by atoms with Crippen molar-refractivity contribution in [3.63, 3.8) is 0 Å². The summed E-state index contributed by atoms with van der Waals surface area (Å²) in [6.45, 7) is 2.43. The van der Waals surface area contributed by atoms with Gasteiger partial charge in [-0.1, -0.05) is 157 Å². The number of aliphatic hydroxyl groups excluding tert-OH is 1. The van der Waals surface area contributed by atoms with Crippen LogP contribution in [0.15, 0.2) is 85.1 Å². The lowest BCUT2D eigenvalue weighted by Gasteiger charge is -2.18. The summed E-state index contributed by atoms with van der Waals surface area (Å²) in [5, 5.41) is 21.9. The van der Waals surface area contributed by atoms with Gasteiger partial charge in [-0.05, 0) is 89.9 Å². The maximum atomic E-state index is 12.3. The molecule has 0 spiro atoms. The van der Waals surface area contributed by atoms with E-state index in [0.717, 1.165) is 109 Å². The third-order valence-electron chi connectivity index (χ3n) is 9.42. The molecule has 0 bridgehead atoms. The van der Waals surface area contributed by atoms with Gasteiger partial charge in [0.05, 0.1) is 13.2 Å². The van der Waals surface area contributed by atoms with Crippen LogP contribution in [-0.4, -0.2) is 64.9 Å². The first kappa shape index (κ1) is 57.7. The topological polar surface area (TPSA) is 169 Å². The molecule has 0 aliphatic rings. The molecule has 0 aromatic rings. The number of phosphoric acid groups is 1. The first-order valence-corrected chi connectivity index (χ1v) is 24.6. The standard InChI is InChI=1S/C49H82NO10P/c1-3-5-7-9-11-13-15-17-19-21-22-23-24-25-26-28-30-32-34-36-38-40-47(52)50-46(49(54)55)44-60-61(56,57)59-43-45(51)42-58-48(53)41-39-37-35-33-31-29-27-20-18-16-14-12-10-8-6-4-2/h5,7,11,13-14,16-17,19-20,22-23,25-27,45-46,51H,3-4,6,8-10,12,15,18,21,24,28-44H2,1-2H3,(H,50,52)(H,54,55)(H,56,57)/b7-5-,13-11-,16-14-,19-17-,23-22-,26-25-,27-20-. The number of esters is 1. The summed E-state index contributed by atoms with van der Waals surface area (Å²) in [5.41, 5.74) is 0. The number of carbonyl (C=O) groups is 3. The van der Waals surface area contributed by atoms with Crippen LogP contribution in [0.1, 0.15) is 174 Å². The van der Waals surface area contributed by atoms with Gasteiger partial charge in [-0.15, -0.1) is 0 Å². The van der Waals surface area contributed by atoms with Gasteiger partial charge >= 0.3 is 19.8 Å². The number of allylic oxidation sites excluding steroid dienone is 14. The molecule has 0 aliphatic heterocycles. The van der Waals surface area contributed by atoms with Gasteiger partial charge in [0.1, 0.15) is 12.7 Å². The number of carbonyl (C=O) groups excluding carboxylic acids is 2. The maximum Gasteiger partial charge on any atom is 0.472 e. The second-order valence-corrected chi connectivity index (χ2v) is 16.7. The molecule has 3 atom stereocenters. The SMILES string of the molecule is CC/C=C\C/C=C\C/C=C\C/C=C\C/C=C\CCCCCCCC(=O)NC(COP(=O)(O)OCC(O)COC(=O)CCCCCCC/C=C\C/C=C\CCCCCC)C(=O)O. The highest BCUT2D eigenvalue weighted by Gasteiger charge is 2.28. The molecule has 0 aliphatic carbocycles. The number of carboxylic acids is 1. The molecule has 348 valence electrons. The van der Waals surface area contributed by atoms with Gasteiger partial charge in [0, 0.05) is 12.8 Å². The van der Waals surface area contributed by atoms with E-state index in [0.29, 0.717) is 12.8 Å². The zero-order chi connectivity index (χ0) is 44.9. The molecule has 0 saturated heterocycles. The normalized spacial score (nSPS) is 14.4. The van der Waals surface area contributed by atoms with Crippen molar-refractivity contribution in [2.24, 2.45) is 0 Å². The number of amides is 1. The van der Waals surface area contributed by atoms with Crippen molar-refractivity contribution in [1.82, 2.24) is 5.32 Å². The summed E-state index contributed by atoms with van der Waals surface area (Å²) in [7, 11) is -4.77. The first-order valence-electron chi connectivity index (χ1n) is 23.1. The van der Waals surface area contributed by atoms with E-state index < -0.39 is 57.6 Å². The predicted octanol–water partition coefficient (Wildman–Crippen LogP) is 12.3. The lowest BCUT2D eigenvalue weighted by Crippen LogP contribution is -2.43. The zero-order valence-corrected chi connectivity index (χ0v) is 38.6. The summed E-state index contributed by atoms with van der Waals surface area (Å²) >= 11 is 0. The number of ether oxygens (including phenoxy) is 1. The summed E-state index contributed by atoms with van der Waals surface area (Å²) in [5.74, 6) is -2.42. The van der Waals surface area contributed by atoms with Gasteiger partial charge in [-0.3, -0.25) is 18.6 Å². The third kappa shape index (κ3) is 43.1. The number of nitrogens with one attached hydrogen (secondary N) is 1. The minimum absolute atomic E-state index is 0.117. The fourth-order valence-corrected chi connectivity index (χ4v) is 6.61. The molecule has 0 radical (unpaired) electrons. The Bertz CT molecular complexity index is 1350. The molecule has 1 amide bonds. The summed E-state index contributed by atoms with van der Waals surface area (Å²) < 4.78 is 26.9. The number of hydrogen-bond donors (Lipinski definition) is 4. The molecular formula is C49H82NO10P. The van der Waals surface area contributed by atoms with E-state index >= 15 is 0 Å². The second-order valence-electron chi connectivity index (χ2n) is 15.2. The Morgan fingerprint density at radius 2 is 0.951 bits per heavy atom. The monoisotopic (exact) mass is 876 g/mol. The van der Waals surface area contributed by atoms with E-state index in [2.05, 4.69) is 104 Å². The van der Waals surface area contributed by atoms with Crippen LogP contribution < -0.4 is 5.32 Å². The quantitative estimate of drug-likeness (QED) is 0.0200. The minimum atomic E-state index is -4.77. The Morgan fingerprint density at radius 3 is 1.43 bits per heavy atom. The van der Waals surface area contributed by atoms with Crippen molar-refractivity contribution in [2.75, 3.05) is 19.8 Å². The molecule has 4 N–H and O–H groups in total. The van der Waals surface area contributed by atoms with Crippen LogP contribution in [-0.2, 0) is 32.7 Å². The number of aliphatic hydroxyl groups is 1. The van der Waals surface area contributed by atoms with Crippen LogP contribution in [0.2, 0.25) is 0 Å². The third-order valence-corrected chi connectivity index (χ3v) is 10.4. The molecule has 0 aromatic carbocycles. The lowest BCUT2D eigenvalue weighted by atomic mass is 10.1. The van der Waals surface area contributed by atoms with E-state index in [1.54, 1.807) is 0 Å². The van der Waals surface area contributed by atoms with E-state index in [9.17, 15) is 34.1 Å². The van der Waals surface area contributed by atoms with Gasteiger partial charge in [-0.25, -0.2) is 9.36 Å². The number of unbranched alkanes of at least 4 members (excludes halogenated alkanes) is 14. The lowest BCUT2D eigenvalue weighted by molar-refractivity contribution is -0.147. The van der Waals surface area contributed by atoms with Gasteiger partial charge in [0.25, 0.3) is 0 Å². The Balaban J connectivity index is 3.96. The van der Waals surface area contributed by atoms with Gasteiger partial charge in [0.2, 0.25) is 5.91 Å². The van der Waals surface area contributed by atoms with Crippen LogP contribution in [0.4, 0.5) is 0 Å². The molecule has 12 heteroatoms. The minimum Gasteiger partial charge on any atom is -0.480 e. The largest absolute Gasteiger partial charge is 0.480 e. The van der Waals surface area contributed by atoms with Crippen molar-refractivity contribution in [3.05, 3.63) is 85.1 Å². The summed E-state index contributed by atoms with van der Waals surface area (Å²) in [4.78, 5) is 46.0. The average molecular weight is 876 g/mol. The molecular weight excluding hydrogens is 794 g/mol. The van der Waals surface area contributed by atoms with E-state index in [1.807, 2.05) is 0 Å². The predicted molar refractivity (Wildman–Crippen MR) is 249 cm³/mol. The van der Waals surface area contributed by atoms with Crippen LogP contribution in [0.25, 0.3) is 0 Å². The molecule has 0 rings (SSSR count). The van der Waals surface area contributed by atoms with Gasteiger partial charge in [-0.2, -0.15) is 0 Å². The maximum absolute atomic E-state index is 12.3. The fraction of sp³-hybridized carbons (Fsp3) is 0.653. The second kappa shape index (κ2) is 43.3. The van der Waals surface area contributed by atoms with Crippen molar-refractivity contribution < 1.29 is 47.8 Å². The highest BCUT2D eigenvalue weighted by atomic mass is 31.2. The number of rotatable bonds is 42. The summed E-state index contributed by atoms with van der Waals surface area (Å²) in [6, 6.07) is -1.56. The van der Waals surface area contributed by atoms with Crippen LogP contribution in [0.5, 0.6) is 0 Å². The van der Waals surface area contributed by atoms with Crippen molar-refractivity contribution in [2.45, 2.75) is 187 Å². The van der Waals surface area contributed by atoms with E-state index in [-0.39, 0.29) is 12.8 Å². The van der Waals surface area contributed by atoms with Gasteiger partial charge in [0.15, 0.2) is 6.04 Å². The molecule has 0 fully saturated rings. The number of carboxylic acid groups (broad SMARTS) is 1. The van der Waals surface area contributed by atoms with Crippen LogP contribution >= 0.6 is 7.82 Å². The molecule has 0 aromatic heterocycles. The Kier molecular flexibility index (Phi) is 40.9. The fourth-order valence-electron chi connectivity index (χ4n) is 5.84. The molecule has 0 saturated carbocycles. The Morgan fingerprint density at radius 1 is 0.541 bits per heavy atom. The highest BCUT2D eigenvalue weighted by molar-refractivity contribution is 7.47. The van der Waals surface area contributed by atoms with Crippen molar-refractivity contribution >= 4 is 25.7 Å². The van der Waals surface area contributed by atoms with E-state index in [4.69, 9.17) is 13.8 Å². The number of phosphoric ester groups is 1. The molecule has 11 nitrogen and oxygen atoms in total. The smallest absolute Gasteiger partial charge is 0.472 e. The van der Waals surface area contributed by atoms with Crippen molar-refractivity contribution in [1.29, 1.82) is 0 Å². The first-order chi connectivity index (χ1) is 29.6. The van der Waals surface area contributed by atoms with Crippen molar-refractivity contribution in [3.8, 4) is 0 Å².